The van der Waals surface area contributed by atoms with Crippen molar-refractivity contribution in [1.29, 1.82) is 0 Å². The monoisotopic (exact) mass is 527 g/mol. The van der Waals surface area contributed by atoms with Gasteiger partial charge in [0.2, 0.25) is 0 Å². The van der Waals surface area contributed by atoms with Gasteiger partial charge in [-0.1, -0.05) is 154 Å². The average molecular weight is 527 g/mol. The molecule has 0 amide bonds. The SMILES string of the molecule is C(=C\C1CCCC1)/CCCc1ccccc1.C/C=C\CCC/C(=C/C)C(C)C(C)CC.CC.CC.CCC. The molecule has 0 spiro atoms. The van der Waals surface area contributed by atoms with Gasteiger partial charge in [-0.3, -0.25) is 0 Å². The predicted octanol–water partition coefficient (Wildman–Crippen LogP) is 13.6. The second-order valence-corrected chi connectivity index (χ2v) is 10.1. The summed E-state index contributed by atoms with van der Waals surface area (Å²) in [6.45, 7) is 23.6. The summed E-state index contributed by atoms with van der Waals surface area (Å²) in [6.07, 6.45) is 27.4. The van der Waals surface area contributed by atoms with Gasteiger partial charge >= 0.3 is 0 Å². The molecule has 38 heavy (non-hydrogen) atoms. The van der Waals surface area contributed by atoms with E-state index in [9.17, 15) is 0 Å². The Morgan fingerprint density at radius 1 is 0.842 bits per heavy atom. The molecule has 1 aromatic rings. The van der Waals surface area contributed by atoms with Crippen LogP contribution in [0.4, 0.5) is 0 Å². The molecule has 2 rings (SSSR count). The Morgan fingerprint density at radius 3 is 1.89 bits per heavy atom. The smallest absolute Gasteiger partial charge is 0.0206 e. The van der Waals surface area contributed by atoms with Crippen LogP contribution >= 0.6 is 0 Å². The molecule has 0 aliphatic heterocycles. The summed E-state index contributed by atoms with van der Waals surface area (Å²) >= 11 is 0. The van der Waals surface area contributed by atoms with E-state index in [-0.39, 0.29) is 0 Å². The molecular weight excluding hydrogens is 456 g/mol. The first-order valence-corrected chi connectivity index (χ1v) is 16.5. The fourth-order valence-electron chi connectivity index (χ4n) is 4.45. The zero-order chi connectivity index (χ0) is 29.4. The van der Waals surface area contributed by atoms with E-state index in [4.69, 9.17) is 0 Å². The molecule has 0 bridgehead atoms. The van der Waals surface area contributed by atoms with Crippen molar-refractivity contribution in [2.24, 2.45) is 17.8 Å². The lowest BCUT2D eigenvalue weighted by molar-refractivity contribution is 0.415. The van der Waals surface area contributed by atoms with Gasteiger partial charge in [0.15, 0.2) is 0 Å². The molecule has 0 aromatic heterocycles. The van der Waals surface area contributed by atoms with Gasteiger partial charge in [-0.05, 0) is 88.5 Å². The summed E-state index contributed by atoms with van der Waals surface area (Å²) in [7, 11) is 0. The first-order chi connectivity index (χ1) is 18.5. The van der Waals surface area contributed by atoms with Crippen molar-refractivity contribution in [3.8, 4) is 0 Å². The van der Waals surface area contributed by atoms with Crippen molar-refractivity contribution in [3.05, 3.63) is 71.8 Å². The van der Waals surface area contributed by atoms with E-state index in [0.29, 0.717) is 0 Å². The summed E-state index contributed by atoms with van der Waals surface area (Å²) in [5.74, 6) is 2.47. The van der Waals surface area contributed by atoms with Crippen LogP contribution in [0.2, 0.25) is 0 Å². The van der Waals surface area contributed by atoms with Gasteiger partial charge in [0, 0.05) is 0 Å². The number of hydrogen-bond donors (Lipinski definition) is 0. The third kappa shape index (κ3) is 24.8. The minimum absolute atomic E-state index is 0.755. The molecule has 2 unspecified atom stereocenters. The van der Waals surface area contributed by atoms with Gasteiger partial charge in [0.25, 0.3) is 0 Å². The molecule has 0 heteroatoms. The maximum absolute atomic E-state index is 2.46. The van der Waals surface area contributed by atoms with Crippen LogP contribution in [0.1, 0.15) is 152 Å². The van der Waals surface area contributed by atoms with Gasteiger partial charge in [0.05, 0.1) is 0 Å². The van der Waals surface area contributed by atoms with Crippen LogP contribution in [0, 0.1) is 17.8 Å². The molecule has 0 radical (unpaired) electrons. The lowest BCUT2D eigenvalue weighted by Gasteiger charge is -2.21. The highest BCUT2D eigenvalue weighted by atomic mass is 14.2. The Bertz CT molecular complexity index is 627. The second kappa shape index (κ2) is 33.5. The quantitative estimate of drug-likeness (QED) is 0.188. The minimum Gasteiger partial charge on any atom is -0.0917 e. The molecule has 1 aliphatic carbocycles. The maximum atomic E-state index is 2.46. The number of aryl methyl sites for hydroxylation is 1. The molecule has 0 heterocycles. The Balaban J connectivity index is -0.000000523. The average Bonchev–Trinajstić information content (AvgIpc) is 3.49. The number of allylic oxidation sites excluding steroid dienone is 6. The normalized spacial score (nSPS) is 14.8. The third-order valence-electron chi connectivity index (χ3n) is 7.01. The summed E-state index contributed by atoms with van der Waals surface area (Å²) in [6, 6.07) is 10.8. The van der Waals surface area contributed by atoms with Crippen LogP contribution in [0.25, 0.3) is 0 Å². The van der Waals surface area contributed by atoms with Crippen molar-refractivity contribution in [1.82, 2.24) is 0 Å². The highest BCUT2D eigenvalue weighted by Crippen LogP contribution is 2.27. The molecule has 0 saturated heterocycles. The first-order valence-electron chi connectivity index (χ1n) is 16.5. The van der Waals surface area contributed by atoms with Crippen molar-refractivity contribution in [2.75, 3.05) is 0 Å². The van der Waals surface area contributed by atoms with Crippen molar-refractivity contribution < 1.29 is 0 Å². The van der Waals surface area contributed by atoms with E-state index in [2.05, 4.69) is 109 Å². The van der Waals surface area contributed by atoms with Gasteiger partial charge in [0.1, 0.15) is 0 Å². The summed E-state index contributed by atoms with van der Waals surface area (Å²) in [5, 5.41) is 0. The predicted molar refractivity (Wildman–Crippen MR) is 180 cm³/mol. The highest BCUT2D eigenvalue weighted by molar-refractivity contribution is 5.14. The largest absolute Gasteiger partial charge is 0.0917 e. The van der Waals surface area contributed by atoms with Crippen LogP contribution in [0.3, 0.4) is 0 Å². The number of unbranched alkanes of at least 4 members (excludes halogenated alkanes) is 2. The summed E-state index contributed by atoms with van der Waals surface area (Å²) in [4.78, 5) is 0. The van der Waals surface area contributed by atoms with E-state index in [0.717, 1.165) is 17.8 Å². The fraction of sp³-hybridized carbons (Fsp3) is 0.684. The minimum atomic E-state index is 0.755. The van der Waals surface area contributed by atoms with Crippen LogP contribution in [0.15, 0.2) is 66.3 Å². The van der Waals surface area contributed by atoms with Crippen LogP contribution in [0.5, 0.6) is 0 Å². The topological polar surface area (TPSA) is 0 Å². The molecule has 1 aromatic carbocycles. The van der Waals surface area contributed by atoms with Gasteiger partial charge < -0.3 is 0 Å². The van der Waals surface area contributed by atoms with Crippen LogP contribution in [-0.4, -0.2) is 0 Å². The van der Waals surface area contributed by atoms with E-state index in [1.807, 2.05) is 27.7 Å². The Kier molecular flexibility index (Phi) is 36.0. The van der Waals surface area contributed by atoms with Gasteiger partial charge in [-0.2, -0.15) is 0 Å². The Morgan fingerprint density at radius 2 is 1.39 bits per heavy atom. The van der Waals surface area contributed by atoms with Crippen LogP contribution < -0.4 is 0 Å². The first kappa shape index (κ1) is 40.9. The molecule has 0 nitrogen and oxygen atoms in total. The lowest BCUT2D eigenvalue weighted by Crippen LogP contribution is -2.09. The third-order valence-corrected chi connectivity index (χ3v) is 7.01. The lowest BCUT2D eigenvalue weighted by atomic mass is 9.84. The summed E-state index contributed by atoms with van der Waals surface area (Å²) < 4.78 is 0. The fourth-order valence-corrected chi connectivity index (χ4v) is 4.45. The van der Waals surface area contributed by atoms with Crippen molar-refractivity contribution in [3.63, 3.8) is 0 Å². The highest BCUT2D eigenvalue weighted by Gasteiger charge is 2.13. The standard InChI is InChI=1S/C16H22.C15H28.C3H8.2C2H6/c1-3-9-15(10-4-1)11-5-2-6-12-16-13-7-8-14-16;1-6-9-10-11-12-15(8-3)14(5)13(4)7-2;1-3-2;2*1-2/h1,3-4,6,9-10,12,16H,2,5,7-8,11,13-14H2;6,8-9,13-14H,7,10-12H2,1-5H3;3H2,1-2H3;2*1-2H3/b12-6+;9-6-,15-8-;;;. The van der Waals surface area contributed by atoms with Crippen LogP contribution in [-0.2, 0) is 6.42 Å². The Hall–Kier alpha value is -1.56. The number of rotatable bonds is 12. The molecule has 0 N–H and O–H groups in total. The molecule has 1 saturated carbocycles. The molecule has 2 atom stereocenters. The molecule has 222 valence electrons. The molecular formula is C38H70. The zero-order valence-electron chi connectivity index (χ0n) is 28.0. The number of hydrogen-bond acceptors (Lipinski definition) is 0. The zero-order valence-corrected chi connectivity index (χ0v) is 28.0. The van der Waals surface area contributed by atoms with E-state index < -0.39 is 0 Å². The number of benzene rings is 1. The van der Waals surface area contributed by atoms with E-state index >= 15 is 0 Å². The Labute approximate surface area is 242 Å². The van der Waals surface area contributed by atoms with Crippen molar-refractivity contribution in [2.45, 2.75) is 153 Å². The second-order valence-electron chi connectivity index (χ2n) is 10.1. The van der Waals surface area contributed by atoms with Gasteiger partial charge in [-0.15, -0.1) is 0 Å². The van der Waals surface area contributed by atoms with E-state index in [1.54, 1.807) is 5.57 Å². The molecule has 1 aliphatic rings. The molecule has 1 fully saturated rings. The van der Waals surface area contributed by atoms with Gasteiger partial charge in [-0.25, -0.2) is 0 Å². The van der Waals surface area contributed by atoms with E-state index in [1.165, 1.54) is 82.6 Å². The van der Waals surface area contributed by atoms with Crippen molar-refractivity contribution >= 4 is 0 Å². The summed E-state index contributed by atoms with van der Waals surface area (Å²) in [5.41, 5.74) is 3.12. The maximum Gasteiger partial charge on any atom is -0.0206 e.